The maximum Gasteiger partial charge on any atom is 0.213 e. The minimum Gasteiger partial charge on any atom is -0.378 e. The number of aromatic nitrogens is 1. The Balaban J connectivity index is 1.30. The molecule has 1 fully saturated rings. The van der Waals surface area contributed by atoms with Crippen molar-refractivity contribution in [3.8, 4) is 0 Å². The normalized spacial score (nSPS) is 17.0. The van der Waals surface area contributed by atoms with Crippen LogP contribution in [0, 0.1) is 5.92 Å². The summed E-state index contributed by atoms with van der Waals surface area (Å²) < 4.78 is 2.30. The molecule has 3 aromatic carbocycles. The first-order valence-electron chi connectivity index (χ1n) is 15.3. The second kappa shape index (κ2) is 12.8. The Hall–Kier alpha value is -3.54. The van der Waals surface area contributed by atoms with Crippen LogP contribution in [0.2, 0.25) is 0 Å². The zero-order valence-electron chi connectivity index (χ0n) is 25.5. The number of thioether (sulfide) groups is 1. The van der Waals surface area contributed by atoms with E-state index in [-0.39, 0.29) is 0 Å². The maximum atomic E-state index is 2.66. The molecule has 0 unspecified atom stereocenters. The third-order valence-electron chi connectivity index (χ3n) is 8.77. The van der Waals surface area contributed by atoms with E-state index < -0.39 is 0 Å². The molecule has 6 rings (SSSR count). The molecule has 0 saturated carbocycles. The Kier molecular flexibility index (Phi) is 8.68. The van der Waals surface area contributed by atoms with Crippen LogP contribution in [0.25, 0.3) is 29.1 Å². The second-order valence-electron chi connectivity index (χ2n) is 12.0. The number of hydrogen-bond acceptors (Lipinski definition) is 4. The Labute approximate surface area is 256 Å². The lowest BCUT2D eigenvalue weighted by Gasteiger charge is -2.31. The fourth-order valence-electron chi connectivity index (χ4n) is 6.09. The predicted molar refractivity (Wildman–Crippen MR) is 182 cm³/mol. The Morgan fingerprint density at radius 3 is 2.43 bits per heavy atom. The lowest BCUT2D eigenvalue weighted by Crippen LogP contribution is -2.35. The van der Waals surface area contributed by atoms with E-state index in [1.54, 1.807) is 0 Å². The van der Waals surface area contributed by atoms with Gasteiger partial charge in [0.05, 0.1) is 16.1 Å². The van der Waals surface area contributed by atoms with E-state index in [2.05, 4.69) is 144 Å². The van der Waals surface area contributed by atoms with Gasteiger partial charge in [0.1, 0.15) is 7.05 Å². The van der Waals surface area contributed by atoms with Crippen molar-refractivity contribution in [2.45, 2.75) is 31.1 Å². The summed E-state index contributed by atoms with van der Waals surface area (Å²) in [6.07, 6.45) is 10.7. The van der Waals surface area contributed by atoms with Crippen LogP contribution in [0.3, 0.4) is 0 Å². The van der Waals surface area contributed by atoms with Crippen LogP contribution < -0.4 is 14.4 Å². The van der Waals surface area contributed by atoms with Crippen molar-refractivity contribution in [3.05, 3.63) is 101 Å². The first kappa shape index (κ1) is 28.6. The third-order valence-corrected chi connectivity index (χ3v) is 9.88. The van der Waals surface area contributed by atoms with Crippen LogP contribution in [-0.2, 0) is 7.05 Å². The molecule has 3 heterocycles. The highest BCUT2D eigenvalue weighted by molar-refractivity contribution is 8.03. The van der Waals surface area contributed by atoms with Gasteiger partial charge in [0.15, 0.2) is 0 Å². The van der Waals surface area contributed by atoms with Gasteiger partial charge in [-0.05, 0) is 98.4 Å². The summed E-state index contributed by atoms with van der Waals surface area (Å²) in [6.45, 7) is 7.11. The number of anilines is 2. The number of benzene rings is 3. The van der Waals surface area contributed by atoms with Crippen LogP contribution in [0.4, 0.5) is 11.4 Å². The minimum atomic E-state index is 0.878. The van der Waals surface area contributed by atoms with Gasteiger partial charge in [-0.1, -0.05) is 55.1 Å². The highest BCUT2D eigenvalue weighted by Gasteiger charge is 2.26. The summed E-state index contributed by atoms with van der Waals surface area (Å²) >= 11 is 1.90. The highest BCUT2D eigenvalue weighted by Crippen LogP contribution is 2.46. The number of aryl methyl sites for hydroxylation is 1. The fourth-order valence-corrected chi connectivity index (χ4v) is 7.23. The van der Waals surface area contributed by atoms with Crippen molar-refractivity contribution in [1.82, 2.24) is 4.90 Å². The number of pyridine rings is 1. The number of rotatable bonds is 8. The van der Waals surface area contributed by atoms with Gasteiger partial charge in [0.2, 0.25) is 11.2 Å². The molecule has 42 heavy (non-hydrogen) atoms. The number of nitrogens with zero attached hydrogens (tertiary/aromatic N) is 4. The van der Waals surface area contributed by atoms with Gasteiger partial charge >= 0.3 is 0 Å². The maximum absolute atomic E-state index is 2.66. The molecular weight excluding hydrogens is 533 g/mol. The average molecular weight is 576 g/mol. The van der Waals surface area contributed by atoms with Gasteiger partial charge in [-0.25, -0.2) is 0 Å². The second-order valence-corrected chi connectivity index (χ2v) is 13.1. The quantitative estimate of drug-likeness (QED) is 0.198. The summed E-state index contributed by atoms with van der Waals surface area (Å²) in [4.78, 5) is 8.70. The number of likely N-dealkylation sites (tertiary alicyclic amines) is 1. The smallest absolute Gasteiger partial charge is 0.213 e. The van der Waals surface area contributed by atoms with Crippen molar-refractivity contribution in [3.63, 3.8) is 0 Å². The van der Waals surface area contributed by atoms with Crippen molar-refractivity contribution >= 4 is 52.3 Å². The van der Waals surface area contributed by atoms with Gasteiger partial charge in [-0.2, -0.15) is 4.57 Å². The van der Waals surface area contributed by atoms with Gasteiger partial charge < -0.3 is 14.7 Å². The lowest BCUT2D eigenvalue weighted by atomic mass is 9.99. The van der Waals surface area contributed by atoms with Crippen LogP contribution >= 0.6 is 11.8 Å². The standard InChI is InChI=1S/C37H43N4S/c1-28-20-24-40(25-21-28)22-9-23-41-35-12-7-8-13-36(35)42-37(41)27-30-26-32(39(4)34-11-6-5-10-33(30)34)19-16-29-14-17-31(18-15-29)38(2)3/h5-8,10-19,26-28H,9,20-25H2,1-4H3/q+1. The van der Waals surface area contributed by atoms with Crippen molar-refractivity contribution < 1.29 is 4.57 Å². The topological polar surface area (TPSA) is 13.6 Å². The largest absolute Gasteiger partial charge is 0.378 e. The van der Waals surface area contributed by atoms with Gasteiger partial charge in [0.25, 0.3) is 0 Å². The zero-order valence-corrected chi connectivity index (χ0v) is 26.3. The summed E-state index contributed by atoms with van der Waals surface area (Å²) in [6, 6.07) is 28.7. The monoisotopic (exact) mass is 575 g/mol. The molecule has 1 saturated heterocycles. The van der Waals surface area contributed by atoms with Crippen molar-refractivity contribution in [2.75, 3.05) is 50.1 Å². The third kappa shape index (κ3) is 6.28. The predicted octanol–water partition coefficient (Wildman–Crippen LogP) is 7.93. The first-order chi connectivity index (χ1) is 20.5. The van der Waals surface area contributed by atoms with E-state index >= 15 is 0 Å². The van der Waals surface area contributed by atoms with Crippen molar-refractivity contribution in [1.29, 1.82) is 0 Å². The molecule has 4 aromatic rings. The number of hydrogen-bond donors (Lipinski definition) is 0. The summed E-state index contributed by atoms with van der Waals surface area (Å²) in [5.74, 6) is 0.878. The number of fused-ring (bicyclic) bond motifs is 2. The molecular formula is C37H43N4S+. The fraction of sp³-hybridized carbons (Fsp3) is 0.324. The van der Waals surface area contributed by atoms with Crippen LogP contribution in [-0.4, -0.2) is 45.2 Å². The molecule has 0 radical (unpaired) electrons. The SMILES string of the molecule is CC1CCN(CCCN2/C(=C/c3cc(/C=C/c4ccc(N(C)C)cc4)[n+](C)c4ccccc34)Sc3ccccc32)CC1. The number of piperidine rings is 1. The lowest BCUT2D eigenvalue weighted by molar-refractivity contribution is -0.646. The molecule has 0 aliphatic carbocycles. The van der Waals surface area contributed by atoms with E-state index in [4.69, 9.17) is 0 Å². The Morgan fingerprint density at radius 2 is 1.64 bits per heavy atom. The van der Waals surface area contributed by atoms with Gasteiger partial charge in [-0.15, -0.1) is 0 Å². The molecule has 0 atom stereocenters. The van der Waals surface area contributed by atoms with Crippen molar-refractivity contribution in [2.24, 2.45) is 13.0 Å². The number of para-hydroxylation sites is 2. The molecule has 0 amide bonds. The molecule has 0 N–H and O–H groups in total. The summed E-state index contributed by atoms with van der Waals surface area (Å²) in [7, 11) is 6.32. The molecule has 4 nitrogen and oxygen atoms in total. The molecule has 1 aromatic heterocycles. The van der Waals surface area contributed by atoms with Crippen LogP contribution in [0.15, 0.2) is 88.8 Å². The molecule has 0 spiro atoms. The van der Waals surface area contributed by atoms with Gasteiger partial charge in [0, 0.05) is 49.4 Å². The average Bonchev–Trinajstić information content (AvgIpc) is 3.36. The molecule has 5 heteroatoms. The molecule has 2 aliphatic heterocycles. The first-order valence-corrected chi connectivity index (χ1v) is 16.1. The molecule has 2 aliphatic rings. The van der Waals surface area contributed by atoms with Gasteiger partial charge in [-0.3, -0.25) is 0 Å². The molecule has 0 bridgehead atoms. The summed E-state index contributed by atoms with van der Waals surface area (Å²) in [5, 5.41) is 2.59. The van der Waals surface area contributed by atoms with E-state index in [0.29, 0.717) is 0 Å². The van der Waals surface area contributed by atoms with Crippen LogP contribution in [0.5, 0.6) is 0 Å². The van der Waals surface area contributed by atoms with E-state index in [1.165, 1.54) is 87.9 Å². The highest BCUT2D eigenvalue weighted by atomic mass is 32.2. The zero-order chi connectivity index (χ0) is 29.1. The Morgan fingerprint density at radius 1 is 0.905 bits per heavy atom. The Bertz CT molecular complexity index is 1600. The van der Waals surface area contributed by atoms with E-state index in [9.17, 15) is 0 Å². The summed E-state index contributed by atoms with van der Waals surface area (Å²) in [5.41, 5.74) is 7.43. The minimum absolute atomic E-state index is 0.878. The van der Waals surface area contributed by atoms with E-state index in [0.717, 1.165) is 12.5 Å². The molecule has 216 valence electrons. The van der Waals surface area contributed by atoms with E-state index in [1.807, 2.05) is 11.8 Å². The van der Waals surface area contributed by atoms with Crippen LogP contribution in [0.1, 0.15) is 43.0 Å².